The number of amides is 1. The molecule has 2 aromatic heterocycles. The lowest BCUT2D eigenvalue weighted by atomic mass is 10.1. The number of anilines is 1. The van der Waals surface area contributed by atoms with Gasteiger partial charge >= 0.3 is 5.97 Å². The van der Waals surface area contributed by atoms with Crippen LogP contribution in [0, 0.1) is 0 Å². The Balaban J connectivity index is 1.62. The third kappa shape index (κ3) is 4.66. The number of carbonyl (C=O) groups is 3. The van der Waals surface area contributed by atoms with Crippen molar-refractivity contribution in [3.8, 4) is 9.88 Å². The number of nitrogens with zero attached hydrogens (tertiary/aromatic N) is 1. The highest BCUT2D eigenvalue weighted by Gasteiger charge is 2.21. The lowest BCUT2D eigenvalue weighted by Gasteiger charge is -2.13. The van der Waals surface area contributed by atoms with Gasteiger partial charge in [-0.3, -0.25) is 9.59 Å². The first-order valence-corrected chi connectivity index (χ1v) is 9.82. The molecule has 0 saturated carbocycles. The summed E-state index contributed by atoms with van der Waals surface area (Å²) in [6.07, 6.45) is -1.01. The first kappa shape index (κ1) is 18.9. The van der Waals surface area contributed by atoms with Crippen LogP contribution in [0.15, 0.2) is 47.2 Å². The van der Waals surface area contributed by atoms with Crippen LogP contribution in [0.4, 0.5) is 5.69 Å². The van der Waals surface area contributed by atoms with Crippen LogP contribution in [0.1, 0.15) is 34.7 Å². The molecule has 1 aromatic carbocycles. The van der Waals surface area contributed by atoms with Crippen molar-refractivity contribution in [3.05, 3.63) is 58.4 Å². The van der Waals surface area contributed by atoms with Crippen molar-refractivity contribution in [2.75, 3.05) is 5.32 Å². The second kappa shape index (κ2) is 8.24. The zero-order valence-electron chi connectivity index (χ0n) is 14.6. The number of ether oxygens (including phenoxy) is 1. The van der Waals surface area contributed by atoms with Gasteiger partial charge in [0, 0.05) is 16.6 Å². The molecule has 1 atom stereocenters. The number of hydrogen-bond donors (Lipinski definition) is 1. The molecule has 0 unspecified atom stereocenters. The number of esters is 1. The molecule has 27 heavy (non-hydrogen) atoms. The van der Waals surface area contributed by atoms with E-state index in [-0.39, 0.29) is 11.5 Å². The average Bonchev–Trinajstić information content (AvgIpc) is 3.33. The molecule has 0 saturated heterocycles. The Morgan fingerprint density at radius 2 is 1.96 bits per heavy atom. The molecule has 0 aliphatic rings. The van der Waals surface area contributed by atoms with E-state index in [0.717, 1.165) is 9.88 Å². The van der Waals surface area contributed by atoms with E-state index in [9.17, 15) is 14.4 Å². The summed E-state index contributed by atoms with van der Waals surface area (Å²) in [7, 11) is 0. The van der Waals surface area contributed by atoms with Crippen molar-refractivity contribution in [2.45, 2.75) is 20.0 Å². The van der Waals surface area contributed by atoms with Gasteiger partial charge in [-0.2, -0.15) is 0 Å². The van der Waals surface area contributed by atoms with E-state index in [1.54, 1.807) is 29.6 Å². The molecule has 0 radical (unpaired) electrons. The van der Waals surface area contributed by atoms with E-state index in [0.29, 0.717) is 11.3 Å². The van der Waals surface area contributed by atoms with Gasteiger partial charge < -0.3 is 10.1 Å². The van der Waals surface area contributed by atoms with Gasteiger partial charge in [0.15, 0.2) is 17.6 Å². The van der Waals surface area contributed by atoms with Gasteiger partial charge in [0.25, 0.3) is 5.91 Å². The van der Waals surface area contributed by atoms with Crippen molar-refractivity contribution in [2.24, 2.45) is 0 Å². The Hall–Kier alpha value is -2.84. The summed E-state index contributed by atoms with van der Waals surface area (Å²) in [4.78, 5) is 41.2. The van der Waals surface area contributed by atoms with Crippen molar-refractivity contribution in [1.82, 2.24) is 4.98 Å². The maximum absolute atomic E-state index is 12.3. The largest absolute Gasteiger partial charge is 0.448 e. The van der Waals surface area contributed by atoms with Crippen LogP contribution in [-0.4, -0.2) is 28.7 Å². The number of Topliss-reactive ketones (excluding diaryl/α,β-unsaturated/α-hetero) is 1. The SMILES string of the molecule is CC(=O)c1cccc(NC(=O)[C@@H](C)OC(=O)c2csc(-c3cccs3)n2)c1. The predicted molar refractivity (Wildman–Crippen MR) is 105 cm³/mol. The fraction of sp³-hybridized carbons (Fsp3) is 0.158. The van der Waals surface area contributed by atoms with Crippen molar-refractivity contribution in [3.63, 3.8) is 0 Å². The van der Waals surface area contributed by atoms with E-state index in [1.807, 2.05) is 17.5 Å². The zero-order chi connectivity index (χ0) is 19.4. The fourth-order valence-corrected chi connectivity index (χ4v) is 3.82. The number of carbonyl (C=O) groups excluding carboxylic acids is 3. The summed E-state index contributed by atoms with van der Waals surface area (Å²) < 4.78 is 5.21. The van der Waals surface area contributed by atoms with Gasteiger partial charge in [-0.15, -0.1) is 22.7 Å². The first-order chi connectivity index (χ1) is 12.9. The van der Waals surface area contributed by atoms with E-state index in [4.69, 9.17) is 4.74 Å². The Morgan fingerprint density at radius 3 is 2.67 bits per heavy atom. The quantitative estimate of drug-likeness (QED) is 0.494. The van der Waals surface area contributed by atoms with Crippen LogP contribution in [0.2, 0.25) is 0 Å². The van der Waals surface area contributed by atoms with Gasteiger partial charge in [-0.05, 0) is 37.4 Å². The minimum Gasteiger partial charge on any atom is -0.448 e. The highest BCUT2D eigenvalue weighted by atomic mass is 32.1. The smallest absolute Gasteiger partial charge is 0.358 e. The highest BCUT2D eigenvalue weighted by molar-refractivity contribution is 7.20. The molecule has 0 fully saturated rings. The third-order valence-electron chi connectivity index (χ3n) is 3.63. The molecule has 8 heteroatoms. The fourth-order valence-electron chi connectivity index (χ4n) is 2.22. The molecule has 0 aliphatic carbocycles. The van der Waals surface area contributed by atoms with Crippen molar-refractivity contribution < 1.29 is 19.1 Å². The van der Waals surface area contributed by atoms with Gasteiger partial charge in [0.2, 0.25) is 0 Å². The summed E-state index contributed by atoms with van der Waals surface area (Å²) >= 11 is 2.88. The second-order valence-electron chi connectivity index (χ2n) is 5.69. The summed E-state index contributed by atoms with van der Waals surface area (Å²) in [6, 6.07) is 10.4. The molecular weight excluding hydrogens is 384 g/mol. The number of ketones is 1. The minimum atomic E-state index is -1.01. The number of thiophene rings is 1. The number of thiazole rings is 1. The van der Waals surface area contributed by atoms with Crippen LogP contribution in [0.3, 0.4) is 0 Å². The summed E-state index contributed by atoms with van der Waals surface area (Å²) in [5, 5.41) is 6.91. The van der Waals surface area contributed by atoms with Crippen LogP contribution in [-0.2, 0) is 9.53 Å². The predicted octanol–water partition coefficient (Wildman–Crippen LogP) is 4.26. The molecule has 1 amide bonds. The van der Waals surface area contributed by atoms with Crippen molar-refractivity contribution >= 4 is 46.0 Å². The second-order valence-corrected chi connectivity index (χ2v) is 7.49. The van der Waals surface area contributed by atoms with Gasteiger partial charge in [-0.1, -0.05) is 18.2 Å². The molecule has 138 valence electrons. The molecule has 0 aliphatic heterocycles. The Kier molecular flexibility index (Phi) is 5.78. The van der Waals surface area contributed by atoms with Gasteiger partial charge in [-0.25, -0.2) is 9.78 Å². The maximum atomic E-state index is 12.3. The number of rotatable bonds is 6. The van der Waals surface area contributed by atoms with E-state index in [1.165, 1.54) is 36.5 Å². The molecule has 6 nitrogen and oxygen atoms in total. The molecule has 0 spiro atoms. The first-order valence-electron chi connectivity index (χ1n) is 8.06. The summed E-state index contributed by atoms with van der Waals surface area (Å²) in [5.74, 6) is -1.25. The molecule has 1 N–H and O–H groups in total. The molecule has 2 heterocycles. The van der Waals surface area contributed by atoms with Crippen LogP contribution >= 0.6 is 22.7 Å². The highest BCUT2D eigenvalue weighted by Crippen LogP contribution is 2.28. The third-order valence-corrected chi connectivity index (χ3v) is 5.52. The lowest BCUT2D eigenvalue weighted by Crippen LogP contribution is -2.30. The standard InChI is InChI=1S/C19H16N2O4S2/c1-11(22)13-5-3-6-14(9-13)20-17(23)12(2)25-19(24)15-10-27-18(21-15)16-7-4-8-26-16/h3-10,12H,1-2H3,(H,20,23)/t12-/m1/s1. The van der Waals surface area contributed by atoms with Crippen molar-refractivity contribution in [1.29, 1.82) is 0 Å². The minimum absolute atomic E-state index is 0.101. The topological polar surface area (TPSA) is 85.4 Å². The normalized spacial score (nSPS) is 11.6. The lowest BCUT2D eigenvalue weighted by molar-refractivity contribution is -0.123. The Labute approximate surface area is 163 Å². The number of benzene rings is 1. The summed E-state index contributed by atoms with van der Waals surface area (Å²) in [5.41, 5.74) is 1.12. The van der Waals surface area contributed by atoms with Crippen LogP contribution in [0.25, 0.3) is 9.88 Å². The monoisotopic (exact) mass is 400 g/mol. The van der Waals surface area contributed by atoms with E-state index >= 15 is 0 Å². The zero-order valence-corrected chi connectivity index (χ0v) is 16.2. The van der Waals surface area contributed by atoms with Gasteiger partial charge in [0.05, 0.1) is 4.88 Å². The van der Waals surface area contributed by atoms with Gasteiger partial charge in [0.1, 0.15) is 5.01 Å². The molecule has 0 bridgehead atoms. The number of nitrogens with one attached hydrogen (secondary N) is 1. The van der Waals surface area contributed by atoms with Crippen LogP contribution in [0.5, 0.6) is 0 Å². The summed E-state index contributed by atoms with van der Waals surface area (Å²) in [6.45, 7) is 2.93. The maximum Gasteiger partial charge on any atom is 0.358 e. The van der Waals surface area contributed by atoms with E-state index in [2.05, 4.69) is 10.3 Å². The van der Waals surface area contributed by atoms with E-state index < -0.39 is 18.0 Å². The number of hydrogen-bond acceptors (Lipinski definition) is 7. The van der Waals surface area contributed by atoms with Crippen LogP contribution < -0.4 is 5.32 Å². The number of aromatic nitrogens is 1. The Bertz CT molecular complexity index is 979. The Morgan fingerprint density at radius 1 is 1.15 bits per heavy atom. The average molecular weight is 400 g/mol. The molecule has 3 aromatic rings. The molecule has 3 rings (SSSR count). The molecular formula is C19H16N2O4S2.